The molecule has 0 aliphatic heterocycles. The zero-order valence-electron chi connectivity index (χ0n) is 8.35. The van der Waals surface area contributed by atoms with Crippen LogP contribution in [-0.2, 0) is 10.0 Å². The molecule has 2 aromatic rings. The average molecular weight is 353 g/mol. The first kappa shape index (κ1) is 12.9. The minimum Gasteiger partial charge on any atom is -0.279 e. The highest BCUT2D eigenvalue weighted by molar-refractivity contribution is 9.10. The van der Waals surface area contributed by atoms with Gasteiger partial charge in [0.25, 0.3) is 10.0 Å². The molecule has 0 amide bonds. The van der Waals surface area contributed by atoms with Gasteiger partial charge < -0.3 is 0 Å². The third-order valence-corrected chi connectivity index (χ3v) is 6.19. The quantitative estimate of drug-likeness (QED) is 0.908. The van der Waals surface area contributed by atoms with E-state index in [1.807, 2.05) is 0 Å². The minimum absolute atomic E-state index is 0.248. The summed E-state index contributed by atoms with van der Waals surface area (Å²) in [5.74, 6) is 0. The third-order valence-electron chi connectivity index (χ3n) is 1.91. The molecule has 0 atom stereocenters. The fourth-order valence-electron chi connectivity index (χ4n) is 1.23. The van der Waals surface area contributed by atoms with Gasteiger partial charge in [0.1, 0.15) is 0 Å². The van der Waals surface area contributed by atoms with Crippen LogP contribution >= 0.6 is 38.9 Å². The van der Waals surface area contributed by atoms with Crippen LogP contribution in [0.15, 0.2) is 44.4 Å². The van der Waals surface area contributed by atoms with Crippen molar-refractivity contribution in [1.82, 2.24) is 0 Å². The van der Waals surface area contributed by atoms with Crippen molar-refractivity contribution in [2.75, 3.05) is 4.72 Å². The molecule has 0 aliphatic carbocycles. The van der Waals surface area contributed by atoms with Crippen molar-refractivity contribution in [3.05, 3.63) is 45.2 Å². The normalized spacial score (nSPS) is 11.4. The van der Waals surface area contributed by atoms with Crippen molar-refractivity contribution < 1.29 is 8.42 Å². The lowest BCUT2D eigenvalue weighted by Gasteiger charge is -2.06. The number of anilines is 1. The van der Waals surface area contributed by atoms with Gasteiger partial charge in [0.05, 0.1) is 5.69 Å². The molecule has 17 heavy (non-hydrogen) atoms. The Bertz CT molecular complexity index is 639. The fraction of sp³-hybridized carbons (Fsp3) is 0. The van der Waals surface area contributed by atoms with Gasteiger partial charge in [-0.1, -0.05) is 17.7 Å². The lowest BCUT2D eigenvalue weighted by Crippen LogP contribution is -2.11. The number of halogens is 2. The Morgan fingerprint density at radius 2 is 2.06 bits per heavy atom. The van der Waals surface area contributed by atoms with Crippen LogP contribution in [0, 0.1) is 0 Å². The maximum atomic E-state index is 12.0. The Labute approximate surface area is 117 Å². The molecule has 0 unspecified atom stereocenters. The Morgan fingerprint density at radius 3 is 2.65 bits per heavy atom. The number of nitrogens with one attached hydrogen (secondary N) is 1. The van der Waals surface area contributed by atoms with Gasteiger partial charge in [-0.15, -0.1) is 11.3 Å². The summed E-state index contributed by atoms with van der Waals surface area (Å²) in [5.41, 5.74) is 0.442. The zero-order chi connectivity index (χ0) is 12.5. The number of hydrogen-bond acceptors (Lipinski definition) is 3. The monoisotopic (exact) mass is 351 g/mol. The lowest BCUT2D eigenvalue weighted by molar-refractivity contribution is 0.603. The molecule has 1 heterocycles. The van der Waals surface area contributed by atoms with Crippen LogP contribution in [0.4, 0.5) is 5.69 Å². The number of rotatable bonds is 3. The van der Waals surface area contributed by atoms with E-state index in [-0.39, 0.29) is 4.21 Å². The van der Waals surface area contributed by atoms with E-state index in [0.29, 0.717) is 15.2 Å². The second-order valence-electron chi connectivity index (χ2n) is 3.17. The largest absolute Gasteiger partial charge is 0.279 e. The molecule has 1 N–H and O–H groups in total. The predicted molar refractivity (Wildman–Crippen MR) is 74.3 cm³/mol. The molecule has 1 aromatic carbocycles. The second-order valence-corrected chi connectivity index (χ2v) is 7.26. The van der Waals surface area contributed by atoms with Crippen molar-refractivity contribution in [2.24, 2.45) is 0 Å². The molecule has 2 rings (SSSR count). The summed E-state index contributed by atoms with van der Waals surface area (Å²) in [6, 6.07) is 8.26. The van der Waals surface area contributed by atoms with Crippen LogP contribution in [0.25, 0.3) is 0 Å². The van der Waals surface area contributed by atoms with Gasteiger partial charge in [0, 0.05) is 9.50 Å². The van der Waals surface area contributed by atoms with Crippen LogP contribution in [0.5, 0.6) is 0 Å². The van der Waals surface area contributed by atoms with Crippen molar-refractivity contribution in [2.45, 2.75) is 4.21 Å². The summed E-state index contributed by atoms with van der Waals surface area (Å²) in [7, 11) is -3.55. The summed E-state index contributed by atoms with van der Waals surface area (Å²) < 4.78 is 27.3. The molecule has 0 aliphatic rings. The van der Waals surface area contributed by atoms with Gasteiger partial charge in [-0.25, -0.2) is 8.42 Å². The van der Waals surface area contributed by atoms with E-state index in [4.69, 9.17) is 11.6 Å². The van der Waals surface area contributed by atoms with Crippen molar-refractivity contribution in [1.29, 1.82) is 0 Å². The molecule has 0 saturated carbocycles. The van der Waals surface area contributed by atoms with Crippen LogP contribution < -0.4 is 4.72 Å². The highest BCUT2D eigenvalue weighted by Gasteiger charge is 2.19. The molecular formula is C10H7BrClNO2S2. The van der Waals surface area contributed by atoms with Crippen molar-refractivity contribution in [3.8, 4) is 0 Å². The Balaban J connectivity index is 2.33. The molecule has 90 valence electrons. The molecule has 0 fully saturated rings. The maximum absolute atomic E-state index is 12.0. The molecule has 1 aromatic heterocycles. The van der Waals surface area contributed by atoms with E-state index in [1.165, 1.54) is 0 Å². The van der Waals surface area contributed by atoms with Crippen LogP contribution in [0.1, 0.15) is 0 Å². The summed E-state index contributed by atoms with van der Waals surface area (Å²) in [4.78, 5) is 0. The Kier molecular flexibility index (Phi) is 3.77. The molecule has 0 saturated heterocycles. The topological polar surface area (TPSA) is 46.2 Å². The first-order chi connectivity index (χ1) is 7.99. The van der Waals surface area contributed by atoms with Crippen molar-refractivity contribution in [3.63, 3.8) is 0 Å². The fourth-order valence-corrected chi connectivity index (χ4v) is 4.80. The smallest absolute Gasteiger partial charge is 0.272 e. The highest BCUT2D eigenvalue weighted by Crippen LogP contribution is 2.29. The molecule has 0 spiro atoms. The first-order valence-electron chi connectivity index (χ1n) is 4.50. The van der Waals surface area contributed by atoms with Crippen molar-refractivity contribution >= 4 is 54.6 Å². The van der Waals surface area contributed by atoms with E-state index in [1.54, 1.807) is 35.7 Å². The van der Waals surface area contributed by atoms with Gasteiger partial charge in [0.15, 0.2) is 4.21 Å². The van der Waals surface area contributed by atoms with E-state index < -0.39 is 10.0 Å². The molecule has 3 nitrogen and oxygen atoms in total. The standard InChI is InChI=1S/C10H7BrClNO2S2/c11-9-4-5-16-10(9)17(14,15)13-8-3-1-2-7(12)6-8/h1-6,13H. The van der Waals surface area contributed by atoms with E-state index in [9.17, 15) is 8.42 Å². The van der Waals surface area contributed by atoms with Gasteiger partial charge >= 0.3 is 0 Å². The zero-order valence-corrected chi connectivity index (χ0v) is 12.3. The van der Waals surface area contributed by atoms with E-state index >= 15 is 0 Å². The average Bonchev–Trinajstić information content (AvgIpc) is 2.64. The molecule has 0 radical (unpaired) electrons. The first-order valence-corrected chi connectivity index (χ1v) is 8.04. The summed E-state index contributed by atoms with van der Waals surface area (Å²) in [6.07, 6.45) is 0. The minimum atomic E-state index is -3.55. The lowest BCUT2D eigenvalue weighted by atomic mass is 10.3. The van der Waals surface area contributed by atoms with Crippen LogP contribution in [0.2, 0.25) is 5.02 Å². The van der Waals surface area contributed by atoms with E-state index in [0.717, 1.165) is 11.3 Å². The summed E-state index contributed by atoms with van der Waals surface area (Å²) >= 11 is 10.1. The Hall–Kier alpha value is -0.560. The summed E-state index contributed by atoms with van der Waals surface area (Å²) in [6.45, 7) is 0. The third kappa shape index (κ3) is 3.01. The van der Waals surface area contributed by atoms with Gasteiger partial charge in [-0.3, -0.25) is 4.72 Å². The van der Waals surface area contributed by atoms with E-state index in [2.05, 4.69) is 20.7 Å². The molecule has 0 bridgehead atoms. The second kappa shape index (κ2) is 4.97. The number of thiophene rings is 1. The van der Waals surface area contributed by atoms with Crippen LogP contribution in [0.3, 0.4) is 0 Å². The highest BCUT2D eigenvalue weighted by atomic mass is 79.9. The van der Waals surface area contributed by atoms with Crippen LogP contribution in [-0.4, -0.2) is 8.42 Å². The summed E-state index contributed by atoms with van der Waals surface area (Å²) in [5, 5.41) is 2.19. The van der Waals surface area contributed by atoms with Gasteiger partial charge in [-0.05, 0) is 45.6 Å². The number of benzene rings is 1. The number of hydrogen-bond donors (Lipinski definition) is 1. The predicted octanol–water partition coefficient (Wildman–Crippen LogP) is 3.96. The number of sulfonamides is 1. The SMILES string of the molecule is O=S(=O)(Nc1cccc(Cl)c1)c1sccc1Br. The van der Waals surface area contributed by atoms with Gasteiger partial charge in [0.2, 0.25) is 0 Å². The Morgan fingerprint density at radius 1 is 1.29 bits per heavy atom. The maximum Gasteiger partial charge on any atom is 0.272 e. The molecular weight excluding hydrogens is 346 g/mol. The molecule has 7 heteroatoms. The van der Waals surface area contributed by atoms with Gasteiger partial charge in [-0.2, -0.15) is 0 Å².